The number of ether oxygens (including phenoxy) is 1. The maximum Gasteiger partial charge on any atom is 0.417 e. The second-order valence-electron chi connectivity index (χ2n) is 28.2. The number of likely N-dealkylation sites (N-methyl/N-ethyl adjacent to an activating group) is 1. The van der Waals surface area contributed by atoms with Gasteiger partial charge in [0.1, 0.15) is 0 Å². The zero-order chi connectivity index (χ0) is 68.3. The van der Waals surface area contributed by atoms with E-state index in [0.29, 0.717) is 94.2 Å². The molecule has 7 rings (SSSR count). The van der Waals surface area contributed by atoms with Crippen LogP contribution < -0.4 is 31.9 Å². The van der Waals surface area contributed by atoms with Crippen LogP contribution >= 0.6 is 11.6 Å². The van der Waals surface area contributed by atoms with Gasteiger partial charge in [-0.1, -0.05) is 104 Å². The van der Waals surface area contributed by atoms with Gasteiger partial charge in [-0.15, -0.1) is 0 Å². The van der Waals surface area contributed by atoms with Gasteiger partial charge in [0.05, 0.1) is 35.3 Å². The van der Waals surface area contributed by atoms with Gasteiger partial charge >= 0.3 is 12.4 Å². The van der Waals surface area contributed by atoms with Gasteiger partial charge in [0.15, 0.2) is 0 Å². The summed E-state index contributed by atoms with van der Waals surface area (Å²) in [4.78, 5) is 31.0. The van der Waals surface area contributed by atoms with Gasteiger partial charge < -0.3 is 56.2 Å². The van der Waals surface area contributed by atoms with Crippen molar-refractivity contribution in [1.82, 2.24) is 56.4 Å². The number of aryl methyl sites for hydroxylation is 1. The van der Waals surface area contributed by atoms with E-state index < -0.39 is 23.5 Å². The summed E-state index contributed by atoms with van der Waals surface area (Å²) >= 11 is 6.17. The van der Waals surface area contributed by atoms with E-state index in [9.17, 15) is 31.1 Å². The molecule has 1 aliphatic carbocycles. The van der Waals surface area contributed by atoms with Gasteiger partial charge in [0, 0.05) is 175 Å². The van der Waals surface area contributed by atoms with E-state index in [1.807, 2.05) is 43.7 Å². The second kappa shape index (κ2) is 36.2. The van der Waals surface area contributed by atoms with E-state index in [2.05, 4.69) is 127 Å². The number of alkyl halides is 6. The molecule has 1 amide bonds. The molecule has 4 unspecified atom stereocenters. The fourth-order valence-corrected chi connectivity index (χ4v) is 15.4. The molecule has 1 saturated carbocycles. The summed E-state index contributed by atoms with van der Waals surface area (Å²) in [5.74, 6) is 1.33. The molecule has 528 valence electrons. The highest BCUT2D eigenvalue weighted by molar-refractivity contribution is 6.31. The van der Waals surface area contributed by atoms with Crippen molar-refractivity contribution in [3.8, 4) is 0 Å². The van der Waals surface area contributed by atoms with E-state index >= 15 is 0 Å². The number of benzene rings is 2. The van der Waals surface area contributed by atoms with Crippen molar-refractivity contribution >= 4 is 23.2 Å². The number of halogens is 7. The number of nitrogens with zero attached hydrogens (tertiary/aromatic N) is 6. The third-order valence-electron chi connectivity index (χ3n) is 20.8. The van der Waals surface area contributed by atoms with Gasteiger partial charge in [0.2, 0.25) is 5.91 Å². The molecule has 0 aromatic heterocycles. The summed E-state index contributed by atoms with van der Waals surface area (Å²) in [6.45, 7) is 30.9. The van der Waals surface area contributed by atoms with Crippen LogP contribution in [0, 0.1) is 23.7 Å². The molecular formula is C73H115ClF6N12O2. The zero-order valence-corrected chi connectivity index (χ0v) is 59.3. The number of carbonyl (C=O) groups excluding carboxylic acids is 1. The Kier molecular flexibility index (Phi) is 29.6. The van der Waals surface area contributed by atoms with E-state index in [0.717, 1.165) is 120 Å². The summed E-state index contributed by atoms with van der Waals surface area (Å²) in [6.07, 6.45) is 13.8. The van der Waals surface area contributed by atoms with Gasteiger partial charge in [-0.3, -0.25) is 14.7 Å². The van der Waals surface area contributed by atoms with Crippen LogP contribution in [0.1, 0.15) is 162 Å². The average Bonchev–Trinajstić information content (AvgIpc) is 0.913. The summed E-state index contributed by atoms with van der Waals surface area (Å²) in [7, 11) is 3.87. The SMILES string of the molecule is CCC1NCC2[C@@H](C(=O)N3CCOCC3)C(C)N2[C@@H]([C@@H](C)CC)C(C)NC2(CCCC2)CNCCNC=CC(CCc2ccc(C(F)(F)F)c(Cl)c2)=NC=CN(C)C=C(Cc2ccc(C(F)(F)F)cc2)N(C)C=C2CCCN2[C@@H](C)CN[C@@H]([C@@H](C)CC)CN[C@H]1CC(C)C. The van der Waals surface area contributed by atoms with Crippen molar-refractivity contribution in [2.75, 3.05) is 86.2 Å². The third-order valence-corrected chi connectivity index (χ3v) is 21.1. The molecule has 6 N–H and O–H groups in total. The average molecular weight is 1340 g/mol. The summed E-state index contributed by atoms with van der Waals surface area (Å²) < 4.78 is 88.1. The molecule has 5 aliphatic rings. The molecule has 4 fully saturated rings. The lowest BCUT2D eigenvalue weighted by atomic mass is 9.74. The molecule has 14 nitrogen and oxygen atoms in total. The van der Waals surface area contributed by atoms with Crippen LogP contribution in [-0.4, -0.2) is 176 Å². The van der Waals surface area contributed by atoms with Crippen LogP contribution in [0.25, 0.3) is 0 Å². The van der Waals surface area contributed by atoms with Crippen molar-refractivity contribution in [3.05, 3.63) is 118 Å². The van der Waals surface area contributed by atoms with Crippen molar-refractivity contribution < 1.29 is 35.9 Å². The minimum absolute atomic E-state index is 0.00942. The van der Waals surface area contributed by atoms with Crippen LogP contribution in [0.2, 0.25) is 5.02 Å². The molecule has 2 aromatic rings. The highest BCUT2D eigenvalue weighted by Crippen LogP contribution is 2.42. The topological polar surface area (TPSA) is 127 Å². The predicted molar refractivity (Wildman–Crippen MR) is 371 cm³/mol. The maximum absolute atomic E-state index is 14.9. The number of rotatable bonds is 13. The van der Waals surface area contributed by atoms with E-state index in [1.54, 1.807) is 6.20 Å². The molecule has 1 spiro atoms. The first-order valence-electron chi connectivity index (χ1n) is 35.4. The third kappa shape index (κ3) is 21.7. The van der Waals surface area contributed by atoms with Gasteiger partial charge in [0.25, 0.3) is 0 Å². The van der Waals surface area contributed by atoms with Gasteiger partial charge in [-0.05, 0) is 138 Å². The Balaban J connectivity index is 1.22. The summed E-state index contributed by atoms with van der Waals surface area (Å²) in [6, 6.07) is 10.3. The quantitative estimate of drug-likeness (QED) is 0.107. The maximum atomic E-state index is 14.9. The highest BCUT2D eigenvalue weighted by atomic mass is 35.5. The Morgan fingerprint density at radius 2 is 1.49 bits per heavy atom. The smallest absolute Gasteiger partial charge is 0.390 e. The molecule has 11 atom stereocenters. The lowest BCUT2D eigenvalue weighted by Crippen LogP contribution is -2.76. The Morgan fingerprint density at radius 1 is 0.798 bits per heavy atom. The van der Waals surface area contributed by atoms with Crippen LogP contribution in [-0.2, 0) is 34.7 Å². The fourth-order valence-electron chi connectivity index (χ4n) is 15.1. The van der Waals surface area contributed by atoms with Crippen LogP contribution in [0.5, 0.6) is 0 Å². The number of fused-ring (bicyclic) bond motifs is 2. The van der Waals surface area contributed by atoms with Crippen LogP contribution in [0.3, 0.4) is 0 Å². The van der Waals surface area contributed by atoms with E-state index in [4.69, 9.17) is 21.3 Å². The fraction of sp³-hybridized carbons (Fsp3) is 0.699. The molecule has 4 heterocycles. The molecule has 2 aromatic carbocycles. The molecule has 21 heteroatoms. The first-order chi connectivity index (χ1) is 44.8. The van der Waals surface area contributed by atoms with Crippen molar-refractivity contribution in [1.29, 1.82) is 0 Å². The summed E-state index contributed by atoms with van der Waals surface area (Å²) in [5, 5.41) is 23.6. The standard InChI is InChI=1S/C73H115ClF6N12O2/c1-13-51(6)66-45-85-65(41-50(4)5)64(15-3)86-46-67-68(70(93)90-37-39-94-40-38-90)55(10)92(67)69(52(7)14-2)54(9)87-71(29-16-17-30-71)49-82-33-32-81-31-28-59(26-22-57-23-27-62(63(74)43-57)73(78,79)80)83-34-36-88(11)47-61(42-56-20-24-58(25-21-56)72(75,76)77)89(12)48-60-19-18-35-91(60)53(8)44-84-66/h20-21,23-25,27-28,31,34,36,43,47-48,50-55,64-69,81-82,84-87H,13-19,22,26,29-30,32-33,35,37-42,44-46,49H2,1-12H3/t51-,52-,53-,54?,55?,64?,65-,66+,67?,68-,69-/m0/s1. The molecule has 0 radical (unpaired) electrons. The van der Waals surface area contributed by atoms with E-state index in [-0.39, 0.29) is 70.7 Å². The minimum atomic E-state index is -4.57. The zero-order valence-electron chi connectivity index (χ0n) is 58.5. The van der Waals surface area contributed by atoms with Crippen LogP contribution in [0.4, 0.5) is 26.3 Å². The number of aliphatic imine (C=N–C) groups is 1. The van der Waals surface area contributed by atoms with Crippen molar-refractivity contribution in [3.63, 3.8) is 0 Å². The van der Waals surface area contributed by atoms with E-state index in [1.165, 1.54) is 30.0 Å². The Hall–Kier alpha value is -4.67. The normalized spacial score (nSPS) is 27.6. The number of carbonyl (C=O) groups is 1. The number of amides is 1. The van der Waals surface area contributed by atoms with Crippen molar-refractivity contribution in [2.24, 2.45) is 28.7 Å². The molecule has 4 aliphatic heterocycles. The second-order valence-corrected chi connectivity index (χ2v) is 28.6. The largest absolute Gasteiger partial charge is 0.417 e. The first-order valence-corrected chi connectivity index (χ1v) is 35.7. The number of hydrogen-bond acceptors (Lipinski definition) is 13. The minimum Gasteiger partial charge on any atom is -0.390 e. The Labute approximate surface area is 565 Å². The Morgan fingerprint density at radius 3 is 2.14 bits per heavy atom. The monoisotopic (exact) mass is 1340 g/mol. The number of nitrogens with one attached hydrogen (secondary N) is 6. The van der Waals surface area contributed by atoms with Crippen molar-refractivity contribution in [2.45, 2.75) is 219 Å². The molecule has 0 bridgehead atoms. The highest BCUT2D eigenvalue weighted by Gasteiger charge is 2.55. The molecular weight excluding hydrogens is 1230 g/mol. The molecule has 94 heavy (non-hydrogen) atoms. The van der Waals surface area contributed by atoms with Gasteiger partial charge in [-0.25, -0.2) is 0 Å². The number of allylic oxidation sites excluding steroid dienone is 3. The lowest BCUT2D eigenvalue weighted by molar-refractivity contribution is -0.165. The predicted octanol–water partition coefficient (Wildman–Crippen LogP) is 12.8. The van der Waals surface area contributed by atoms with Gasteiger partial charge in [-0.2, -0.15) is 26.3 Å². The number of morpholine rings is 1. The lowest BCUT2D eigenvalue weighted by Gasteiger charge is -2.60. The Bertz CT molecular complexity index is 2800. The first kappa shape index (κ1) is 76.7. The number of hydrogen-bond donors (Lipinski definition) is 6. The molecule has 3 saturated heterocycles. The van der Waals surface area contributed by atoms with Crippen LogP contribution in [0.15, 0.2) is 95.9 Å². The summed E-state index contributed by atoms with van der Waals surface area (Å²) in [5.41, 5.74) is 2.38.